The molecule has 0 saturated heterocycles. The Morgan fingerprint density at radius 1 is 1.14 bits per heavy atom. The Balaban J connectivity index is 1.95. The van der Waals surface area contributed by atoms with Gasteiger partial charge in [0.1, 0.15) is 5.69 Å². The summed E-state index contributed by atoms with van der Waals surface area (Å²) >= 11 is 0. The van der Waals surface area contributed by atoms with E-state index in [0.717, 1.165) is 12.2 Å². The Bertz CT molecular complexity index is 573. The van der Waals surface area contributed by atoms with Crippen molar-refractivity contribution in [3.8, 4) is 0 Å². The van der Waals surface area contributed by atoms with Gasteiger partial charge in [-0.05, 0) is 23.7 Å². The van der Waals surface area contributed by atoms with Crippen LogP contribution >= 0.6 is 0 Å². The highest BCUT2D eigenvalue weighted by atomic mass is 28.4. The fourth-order valence-electron chi connectivity index (χ4n) is 1.72. The van der Waals surface area contributed by atoms with E-state index < -0.39 is 8.32 Å². The average molecular weight is 303 g/mol. The average Bonchev–Trinajstić information content (AvgIpc) is 2.84. The van der Waals surface area contributed by atoms with Gasteiger partial charge < -0.3 is 4.43 Å². The van der Waals surface area contributed by atoms with Crippen LogP contribution in [-0.2, 0) is 17.6 Å². The Kier molecular flexibility index (Phi) is 4.63. The van der Waals surface area contributed by atoms with Gasteiger partial charge in [-0.25, -0.2) is 4.68 Å². The van der Waals surface area contributed by atoms with Gasteiger partial charge in [-0.1, -0.05) is 56.3 Å². The SMILES string of the molecule is CC(C)(C)[Si](C)(C)OCc1cn(Cc2ccccc2)nn1. The van der Waals surface area contributed by atoms with Gasteiger partial charge in [0.2, 0.25) is 0 Å². The second-order valence-electron chi connectivity index (χ2n) is 6.94. The third kappa shape index (κ3) is 4.25. The van der Waals surface area contributed by atoms with Crippen LogP contribution in [0, 0.1) is 0 Å². The number of benzene rings is 1. The molecule has 0 spiro atoms. The highest BCUT2D eigenvalue weighted by Crippen LogP contribution is 2.36. The second-order valence-corrected chi connectivity index (χ2v) is 11.8. The van der Waals surface area contributed by atoms with E-state index in [4.69, 9.17) is 4.43 Å². The maximum absolute atomic E-state index is 6.17. The summed E-state index contributed by atoms with van der Waals surface area (Å²) < 4.78 is 8.03. The van der Waals surface area contributed by atoms with Crippen LogP contribution in [0.4, 0.5) is 0 Å². The van der Waals surface area contributed by atoms with E-state index in [1.807, 2.05) is 29.1 Å². The predicted octanol–water partition coefficient (Wildman–Crippen LogP) is 3.85. The lowest BCUT2D eigenvalue weighted by molar-refractivity contribution is 0.272. The molecule has 4 nitrogen and oxygen atoms in total. The Hall–Kier alpha value is -1.46. The van der Waals surface area contributed by atoms with E-state index in [-0.39, 0.29) is 5.04 Å². The quantitative estimate of drug-likeness (QED) is 0.788. The van der Waals surface area contributed by atoms with Crippen LogP contribution in [0.15, 0.2) is 36.5 Å². The van der Waals surface area contributed by atoms with E-state index in [9.17, 15) is 0 Å². The van der Waals surface area contributed by atoms with E-state index in [1.54, 1.807) is 0 Å². The van der Waals surface area contributed by atoms with Crippen molar-refractivity contribution >= 4 is 8.32 Å². The zero-order valence-corrected chi connectivity index (χ0v) is 14.6. The fourth-order valence-corrected chi connectivity index (χ4v) is 2.67. The lowest BCUT2D eigenvalue weighted by atomic mass is 10.2. The molecular formula is C16H25N3OSi. The van der Waals surface area contributed by atoms with Crippen molar-refractivity contribution in [3.63, 3.8) is 0 Å². The molecule has 1 aromatic heterocycles. The second kappa shape index (κ2) is 6.11. The van der Waals surface area contributed by atoms with Crippen LogP contribution < -0.4 is 0 Å². The van der Waals surface area contributed by atoms with Crippen molar-refractivity contribution in [2.24, 2.45) is 0 Å². The van der Waals surface area contributed by atoms with Crippen molar-refractivity contribution < 1.29 is 4.43 Å². The minimum absolute atomic E-state index is 0.215. The lowest BCUT2D eigenvalue weighted by Crippen LogP contribution is -2.40. The summed E-state index contributed by atoms with van der Waals surface area (Å²) in [6.45, 7) is 12.5. The first-order valence-electron chi connectivity index (χ1n) is 7.35. The minimum atomic E-state index is -1.73. The van der Waals surface area contributed by atoms with E-state index in [2.05, 4.69) is 56.3 Å². The number of hydrogen-bond acceptors (Lipinski definition) is 3. The summed E-state index contributed by atoms with van der Waals surface area (Å²) in [5.74, 6) is 0. The zero-order chi connectivity index (χ0) is 15.5. The number of hydrogen-bond donors (Lipinski definition) is 0. The molecule has 2 aromatic rings. The van der Waals surface area contributed by atoms with Gasteiger partial charge in [0.05, 0.1) is 19.3 Å². The third-order valence-electron chi connectivity index (χ3n) is 4.16. The molecule has 0 N–H and O–H groups in total. The van der Waals surface area contributed by atoms with Crippen molar-refractivity contribution in [1.29, 1.82) is 0 Å². The predicted molar refractivity (Wildman–Crippen MR) is 87.6 cm³/mol. The maximum Gasteiger partial charge on any atom is 0.192 e. The van der Waals surface area contributed by atoms with Crippen LogP contribution in [0.1, 0.15) is 32.0 Å². The Morgan fingerprint density at radius 3 is 2.43 bits per heavy atom. The third-order valence-corrected chi connectivity index (χ3v) is 8.64. The molecule has 0 amide bonds. The normalized spacial score (nSPS) is 12.6. The van der Waals surface area contributed by atoms with Crippen molar-refractivity contribution in [1.82, 2.24) is 15.0 Å². The van der Waals surface area contributed by atoms with Gasteiger partial charge in [-0.15, -0.1) is 5.10 Å². The van der Waals surface area contributed by atoms with Gasteiger partial charge in [0, 0.05) is 0 Å². The van der Waals surface area contributed by atoms with Crippen molar-refractivity contribution in [2.75, 3.05) is 0 Å². The smallest absolute Gasteiger partial charge is 0.192 e. The van der Waals surface area contributed by atoms with Crippen LogP contribution in [0.5, 0.6) is 0 Å². The summed E-state index contributed by atoms with van der Waals surface area (Å²) in [5.41, 5.74) is 2.12. The standard InChI is InChI=1S/C16H25N3OSi/c1-16(2,3)21(4,5)20-13-15-12-19(18-17-15)11-14-9-7-6-8-10-14/h6-10,12H,11,13H2,1-5H3. The molecule has 0 atom stereocenters. The molecule has 0 radical (unpaired) electrons. The summed E-state index contributed by atoms with van der Waals surface area (Å²) in [5, 5.41) is 8.60. The number of nitrogens with zero attached hydrogens (tertiary/aromatic N) is 3. The first-order valence-corrected chi connectivity index (χ1v) is 10.3. The van der Waals surface area contributed by atoms with E-state index in [0.29, 0.717) is 6.61 Å². The highest BCUT2D eigenvalue weighted by Gasteiger charge is 2.37. The van der Waals surface area contributed by atoms with Crippen LogP contribution in [0.2, 0.25) is 18.1 Å². The molecule has 1 aromatic carbocycles. The molecule has 0 fully saturated rings. The maximum atomic E-state index is 6.17. The summed E-state index contributed by atoms with van der Waals surface area (Å²) in [6.07, 6.45) is 1.97. The summed E-state index contributed by atoms with van der Waals surface area (Å²) in [7, 11) is -1.73. The molecule has 0 aliphatic carbocycles. The molecule has 21 heavy (non-hydrogen) atoms. The van der Waals surface area contributed by atoms with Crippen LogP contribution in [0.25, 0.3) is 0 Å². The first-order chi connectivity index (χ1) is 9.78. The van der Waals surface area contributed by atoms with Crippen molar-refractivity contribution in [3.05, 3.63) is 47.8 Å². The van der Waals surface area contributed by atoms with E-state index >= 15 is 0 Å². The highest BCUT2D eigenvalue weighted by molar-refractivity contribution is 6.74. The minimum Gasteiger partial charge on any atom is -0.411 e. The largest absolute Gasteiger partial charge is 0.411 e. The molecule has 0 aliphatic rings. The van der Waals surface area contributed by atoms with E-state index in [1.165, 1.54) is 5.56 Å². The first kappa shape index (κ1) is 15.9. The zero-order valence-electron chi connectivity index (χ0n) is 13.6. The fraction of sp³-hybridized carbons (Fsp3) is 0.500. The van der Waals surface area contributed by atoms with Gasteiger partial charge in [-0.2, -0.15) is 0 Å². The van der Waals surface area contributed by atoms with Crippen molar-refractivity contribution in [2.45, 2.75) is 52.1 Å². The topological polar surface area (TPSA) is 39.9 Å². The lowest BCUT2D eigenvalue weighted by Gasteiger charge is -2.35. The molecule has 0 bridgehead atoms. The molecule has 2 rings (SSSR count). The Morgan fingerprint density at radius 2 is 1.81 bits per heavy atom. The monoisotopic (exact) mass is 303 g/mol. The molecule has 1 heterocycles. The number of aromatic nitrogens is 3. The molecular weight excluding hydrogens is 278 g/mol. The van der Waals surface area contributed by atoms with Gasteiger partial charge in [0.15, 0.2) is 8.32 Å². The molecule has 114 valence electrons. The van der Waals surface area contributed by atoms with Crippen LogP contribution in [-0.4, -0.2) is 23.3 Å². The molecule has 0 saturated carbocycles. The van der Waals surface area contributed by atoms with Gasteiger partial charge >= 0.3 is 0 Å². The number of rotatable bonds is 5. The summed E-state index contributed by atoms with van der Waals surface area (Å²) in [4.78, 5) is 0. The van der Waals surface area contributed by atoms with Gasteiger partial charge in [0.25, 0.3) is 0 Å². The van der Waals surface area contributed by atoms with Gasteiger partial charge in [-0.3, -0.25) is 0 Å². The summed E-state index contributed by atoms with van der Waals surface area (Å²) in [6, 6.07) is 10.3. The molecule has 0 aliphatic heterocycles. The molecule has 0 unspecified atom stereocenters. The van der Waals surface area contributed by atoms with Crippen LogP contribution in [0.3, 0.4) is 0 Å². The molecule has 5 heteroatoms. The Labute approximate surface area is 128 Å².